The van der Waals surface area contributed by atoms with Crippen molar-refractivity contribution in [2.24, 2.45) is 0 Å². The van der Waals surface area contributed by atoms with Gasteiger partial charge in [0.15, 0.2) is 5.76 Å². The van der Waals surface area contributed by atoms with Gasteiger partial charge in [-0.3, -0.25) is 29.1 Å². The molecule has 0 unspecified atom stereocenters. The van der Waals surface area contributed by atoms with Crippen LogP contribution in [0.3, 0.4) is 0 Å². The second-order valence-corrected chi connectivity index (χ2v) is 17.5. The molecule has 2 aliphatic rings. The number of pyridine rings is 2. The fraction of sp³-hybridized carbons (Fsp3) is 0.383. The van der Waals surface area contributed by atoms with Crippen LogP contribution in [0.15, 0.2) is 108 Å². The Morgan fingerprint density at radius 2 is 1.08 bits per heavy atom. The lowest BCUT2D eigenvalue weighted by Gasteiger charge is -2.25. The summed E-state index contributed by atoms with van der Waals surface area (Å²) in [4.78, 5) is 70.2. The summed E-state index contributed by atoms with van der Waals surface area (Å²) in [5.74, 6) is 0.0103. The highest BCUT2D eigenvalue weighted by Gasteiger charge is 2.42. The largest absolute Gasteiger partial charge is 0.436 e. The summed E-state index contributed by atoms with van der Waals surface area (Å²) < 4.78 is 18.5. The van der Waals surface area contributed by atoms with E-state index < -0.39 is 23.3 Å². The van der Waals surface area contributed by atoms with Crippen molar-refractivity contribution in [2.45, 2.75) is 103 Å². The Hall–Kier alpha value is -6.25. The molecule has 0 spiro atoms. The van der Waals surface area contributed by atoms with Gasteiger partial charge in [-0.05, 0) is 113 Å². The highest BCUT2D eigenvalue weighted by molar-refractivity contribution is 5.99. The SMILES string of the molecule is CC(C)(C)O[C@@H]1C[C@@H](C(=O)Nc2ccc(-c3cnc(-c4ccc(NC(=O)[C@@H]5C[C@@H](OC(C)(C)C)CN5C(=O)Cc5cccnc5)cc4)o3)cc2)N(C(=O)Cc2cccnc2)C1. The van der Waals surface area contributed by atoms with Crippen molar-refractivity contribution in [3.8, 4) is 22.8 Å². The Morgan fingerprint density at radius 1 is 0.639 bits per heavy atom. The molecule has 14 nitrogen and oxygen atoms in total. The molecule has 61 heavy (non-hydrogen) atoms. The van der Waals surface area contributed by atoms with Crippen molar-refractivity contribution in [2.75, 3.05) is 23.7 Å². The zero-order valence-corrected chi connectivity index (χ0v) is 35.5. The first-order chi connectivity index (χ1) is 29.1. The average molecular weight is 828 g/mol. The number of nitrogens with zero attached hydrogens (tertiary/aromatic N) is 5. The number of aromatic nitrogens is 3. The quantitative estimate of drug-likeness (QED) is 0.138. The van der Waals surface area contributed by atoms with Gasteiger partial charge in [-0.1, -0.05) is 12.1 Å². The number of oxazole rings is 1. The van der Waals surface area contributed by atoms with Gasteiger partial charge < -0.3 is 34.3 Å². The summed E-state index contributed by atoms with van der Waals surface area (Å²) in [6.45, 7) is 12.4. The molecule has 4 atom stereocenters. The molecule has 2 aromatic carbocycles. The van der Waals surface area contributed by atoms with E-state index in [9.17, 15) is 19.2 Å². The molecule has 2 N–H and O–H groups in total. The topological polar surface area (TPSA) is 169 Å². The molecule has 0 aliphatic carbocycles. The van der Waals surface area contributed by atoms with Crippen LogP contribution in [0.1, 0.15) is 65.5 Å². The molecule has 4 amide bonds. The third-order valence-corrected chi connectivity index (χ3v) is 10.3. The first-order valence-electron chi connectivity index (χ1n) is 20.6. The number of carbonyl (C=O) groups excluding carboxylic acids is 4. The van der Waals surface area contributed by atoms with Gasteiger partial charge in [0.25, 0.3) is 0 Å². The minimum atomic E-state index is -0.699. The van der Waals surface area contributed by atoms with Crippen LogP contribution in [0.25, 0.3) is 22.8 Å². The van der Waals surface area contributed by atoms with Gasteiger partial charge in [-0.15, -0.1) is 0 Å². The molecule has 0 bridgehead atoms. The number of hydrogen-bond donors (Lipinski definition) is 2. The number of amides is 4. The Bertz CT molecular complexity index is 2140. The molecule has 2 fully saturated rings. The summed E-state index contributed by atoms with van der Waals surface area (Å²) >= 11 is 0. The van der Waals surface area contributed by atoms with E-state index in [1.54, 1.807) is 89.3 Å². The van der Waals surface area contributed by atoms with Crippen LogP contribution in [0.2, 0.25) is 0 Å². The van der Waals surface area contributed by atoms with E-state index in [1.165, 1.54) is 0 Å². The lowest BCUT2D eigenvalue weighted by atomic mass is 10.1. The maximum atomic E-state index is 13.7. The average Bonchev–Trinajstić information content (AvgIpc) is 3.98. The van der Waals surface area contributed by atoms with Gasteiger partial charge in [-0.25, -0.2) is 4.98 Å². The summed E-state index contributed by atoms with van der Waals surface area (Å²) in [6.07, 6.45) is 8.74. The van der Waals surface area contributed by atoms with E-state index in [1.807, 2.05) is 65.8 Å². The van der Waals surface area contributed by atoms with Crippen LogP contribution < -0.4 is 10.6 Å². The number of nitrogens with one attached hydrogen (secondary N) is 2. The molecule has 5 heterocycles. The molecule has 0 radical (unpaired) electrons. The number of rotatable bonds is 12. The predicted molar refractivity (Wildman–Crippen MR) is 230 cm³/mol. The first kappa shape index (κ1) is 42.9. The van der Waals surface area contributed by atoms with Crippen LogP contribution in [0.4, 0.5) is 11.4 Å². The van der Waals surface area contributed by atoms with Crippen LogP contribution in [-0.2, 0) is 41.5 Å². The Labute approximate surface area is 356 Å². The van der Waals surface area contributed by atoms with Gasteiger partial charge in [0.2, 0.25) is 29.5 Å². The fourth-order valence-corrected chi connectivity index (χ4v) is 7.78. The number of ether oxygens (including phenoxy) is 2. The molecule has 14 heteroatoms. The molecule has 0 saturated carbocycles. The van der Waals surface area contributed by atoms with E-state index in [0.717, 1.165) is 16.7 Å². The summed E-state index contributed by atoms with van der Waals surface area (Å²) in [6, 6.07) is 20.2. The van der Waals surface area contributed by atoms with E-state index in [2.05, 4.69) is 25.6 Å². The van der Waals surface area contributed by atoms with Crippen LogP contribution in [-0.4, -0.2) is 97.0 Å². The Kier molecular flexibility index (Phi) is 12.8. The maximum absolute atomic E-state index is 13.7. The molecular weight excluding hydrogens is 775 g/mol. The number of likely N-dealkylation sites (tertiary alicyclic amines) is 2. The highest BCUT2D eigenvalue weighted by atomic mass is 16.5. The van der Waals surface area contributed by atoms with Crippen molar-refractivity contribution < 1.29 is 33.1 Å². The highest BCUT2D eigenvalue weighted by Crippen LogP contribution is 2.31. The van der Waals surface area contributed by atoms with Crippen molar-refractivity contribution in [1.82, 2.24) is 24.8 Å². The molecule has 2 aliphatic heterocycles. The monoisotopic (exact) mass is 827 g/mol. The zero-order valence-electron chi connectivity index (χ0n) is 35.5. The third kappa shape index (κ3) is 11.3. The molecular formula is C47H53N7O7. The summed E-state index contributed by atoms with van der Waals surface area (Å²) in [7, 11) is 0. The lowest BCUT2D eigenvalue weighted by Crippen LogP contribution is -2.44. The molecule has 318 valence electrons. The molecule has 7 rings (SSSR count). The van der Waals surface area contributed by atoms with E-state index >= 15 is 0 Å². The zero-order chi connectivity index (χ0) is 43.3. The second-order valence-electron chi connectivity index (χ2n) is 17.5. The minimum Gasteiger partial charge on any atom is -0.436 e. The van der Waals surface area contributed by atoms with Gasteiger partial charge in [0, 0.05) is 73.2 Å². The van der Waals surface area contributed by atoms with Crippen molar-refractivity contribution in [3.63, 3.8) is 0 Å². The number of anilines is 2. The first-order valence-corrected chi connectivity index (χ1v) is 20.6. The van der Waals surface area contributed by atoms with E-state index in [-0.39, 0.29) is 48.7 Å². The Balaban J connectivity index is 0.969. The van der Waals surface area contributed by atoms with E-state index in [4.69, 9.17) is 13.9 Å². The maximum Gasteiger partial charge on any atom is 0.247 e. The molecule has 2 saturated heterocycles. The Morgan fingerprint density at radius 3 is 1.49 bits per heavy atom. The predicted octanol–water partition coefficient (Wildman–Crippen LogP) is 6.73. The molecule has 3 aromatic heterocycles. The molecule has 5 aromatic rings. The van der Waals surface area contributed by atoms with Crippen molar-refractivity contribution in [1.29, 1.82) is 0 Å². The van der Waals surface area contributed by atoms with Crippen LogP contribution in [0, 0.1) is 0 Å². The van der Waals surface area contributed by atoms with Crippen molar-refractivity contribution >= 4 is 35.0 Å². The van der Waals surface area contributed by atoms with Gasteiger partial charge >= 0.3 is 0 Å². The third-order valence-electron chi connectivity index (χ3n) is 10.3. The van der Waals surface area contributed by atoms with Crippen molar-refractivity contribution in [3.05, 3.63) is 115 Å². The second kappa shape index (κ2) is 18.2. The summed E-state index contributed by atoms with van der Waals surface area (Å²) in [5.41, 5.74) is 3.28. The number of benzene rings is 2. The van der Waals surface area contributed by atoms with Gasteiger partial charge in [-0.2, -0.15) is 0 Å². The van der Waals surface area contributed by atoms with E-state index in [0.29, 0.717) is 54.5 Å². The van der Waals surface area contributed by atoms with Crippen LogP contribution >= 0.6 is 0 Å². The van der Waals surface area contributed by atoms with Crippen LogP contribution in [0.5, 0.6) is 0 Å². The lowest BCUT2D eigenvalue weighted by molar-refractivity contribution is -0.136. The van der Waals surface area contributed by atoms with Gasteiger partial charge in [0.1, 0.15) is 12.1 Å². The summed E-state index contributed by atoms with van der Waals surface area (Å²) in [5, 5.41) is 5.97. The van der Waals surface area contributed by atoms with Gasteiger partial charge in [0.05, 0.1) is 42.4 Å². The minimum absolute atomic E-state index is 0.138. The standard InChI is InChI=1S/C47H53N7O7/c1-46(2,3)60-36-23-38(53(28-36)41(55)21-30-9-7-19-48-25-30)43(57)51-34-15-11-32(12-16-34)40-27-50-45(59-40)33-13-17-35(18-14-33)52-44(58)39-24-37(61-47(4,5)6)29-54(39)42(56)22-31-10-8-20-49-26-31/h7-20,25-27,36-39H,21-24,28-29H2,1-6H3,(H,51,57)(H,52,58)/t36-,37-,38+,39+/m1/s1. The smallest absolute Gasteiger partial charge is 0.247 e. The normalized spacial score (nSPS) is 19.2. The number of hydrogen-bond acceptors (Lipinski definition) is 10. The number of carbonyl (C=O) groups is 4. The fourth-order valence-electron chi connectivity index (χ4n) is 7.78.